The molecule has 0 amide bonds. The van der Waals surface area contributed by atoms with E-state index in [1.807, 2.05) is 42.1 Å². The molecule has 1 aliphatic rings. The number of likely N-dealkylation sites (N-methyl/N-ethyl adjacent to an activating group) is 2. The number of benzene rings is 1. The van der Waals surface area contributed by atoms with Crippen LogP contribution in [0.3, 0.4) is 0 Å². The molecule has 1 aromatic carbocycles. The minimum absolute atomic E-state index is 0.750. The summed E-state index contributed by atoms with van der Waals surface area (Å²) in [5.41, 5.74) is 3.36. The summed E-state index contributed by atoms with van der Waals surface area (Å²) in [6.07, 6.45) is 0. The summed E-state index contributed by atoms with van der Waals surface area (Å²) in [4.78, 5) is 4.63. The summed E-state index contributed by atoms with van der Waals surface area (Å²) < 4.78 is 0. The van der Waals surface area contributed by atoms with Crippen molar-refractivity contribution in [1.29, 1.82) is 0 Å². The molecule has 1 aromatic rings. The Morgan fingerprint density at radius 1 is 1.00 bits per heavy atom. The highest BCUT2D eigenvalue weighted by Gasteiger charge is 2.31. The average Bonchev–Trinajstić information content (AvgIpc) is 2.54. The highest BCUT2D eigenvalue weighted by Crippen LogP contribution is 2.27. The summed E-state index contributed by atoms with van der Waals surface area (Å²) in [5.74, 6) is 0. The van der Waals surface area contributed by atoms with E-state index in [2.05, 4.69) is 19.1 Å². The van der Waals surface area contributed by atoms with Crippen molar-refractivity contribution in [3.63, 3.8) is 0 Å². The van der Waals surface area contributed by atoms with E-state index in [1.54, 1.807) is 0 Å². The van der Waals surface area contributed by atoms with E-state index in [-0.39, 0.29) is 0 Å². The molecule has 88 valence electrons. The Kier molecular flexibility index (Phi) is 3.26. The van der Waals surface area contributed by atoms with Gasteiger partial charge in [0, 0.05) is 14.1 Å². The van der Waals surface area contributed by atoms with E-state index in [9.17, 15) is 0 Å². The third-order valence-corrected chi connectivity index (χ3v) is 3.99. The Balaban J connectivity index is 2.53. The molecule has 0 bridgehead atoms. The predicted molar refractivity (Wildman–Crippen MR) is 79.8 cm³/mol. The first-order chi connectivity index (χ1) is 8.04. The smallest absolute Gasteiger partial charge is 0.180 e. The summed E-state index contributed by atoms with van der Waals surface area (Å²) in [7, 11) is 3.87. The highest BCUT2D eigenvalue weighted by atomic mass is 32.1. The lowest BCUT2D eigenvalue weighted by Crippen LogP contribution is -2.26. The lowest BCUT2D eigenvalue weighted by Gasteiger charge is -2.14. The second kappa shape index (κ2) is 4.55. The number of thiocarbonyl (C=S) groups is 2. The van der Waals surface area contributed by atoms with Crippen molar-refractivity contribution >= 4 is 40.1 Å². The lowest BCUT2D eigenvalue weighted by molar-refractivity contribution is 0.644. The lowest BCUT2D eigenvalue weighted by atomic mass is 10.1. The van der Waals surface area contributed by atoms with Crippen LogP contribution in [0.1, 0.15) is 12.5 Å². The second-order valence-electron chi connectivity index (χ2n) is 4.05. The maximum absolute atomic E-state index is 5.43. The molecule has 1 heterocycles. The Morgan fingerprint density at radius 2 is 1.59 bits per heavy atom. The van der Waals surface area contributed by atoms with Gasteiger partial charge in [0.25, 0.3) is 0 Å². The Labute approximate surface area is 113 Å². The molecule has 0 spiro atoms. The maximum atomic E-state index is 5.43. The molecule has 0 aromatic heterocycles. The fourth-order valence-corrected chi connectivity index (χ4v) is 2.56. The molecule has 2 rings (SSSR count). The van der Waals surface area contributed by atoms with Crippen LogP contribution in [0.4, 0.5) is 0 Å². The van der Waals surface area contributed by atoms with Gasteiger partial charge < -0.3 is 9.80 Å². The Bertz CT molecular complexity index is 505. The SMILES string of the molecule is C/C(=C1\C(=S)N(C)C(=S)N1C)c1ccccc1. The van der Waals surface area contributed by atoms with Gasteiger partial charge in [-0.3, -0.25) is 0 Å². The van der Waals surface area contributed by atoms with Gasteiger partial charge in [0.2, 0.25) is 0 Å². The predicted octanol–water partition coefficient (Wildman–Crippen LogP) is 2.91. The molecular weight excluding hydrogens is 248 g/mol. The van der Waals surface area contributed by atoms with E-state index < -0.39 is 0 Å². The van der Waals surface area contributed by atoms with Gasteiger partial charge in [-0.2, -0.15) is 0 Å². The number of allylic oxidation sites excluding steroid dienone is 1. The minimum Gasteiger partial charge on any atom is -0.319 e. The van der Waals surface area contributed by atoms with Gasteiger partial charge >= 0.3 is 0 Å². The molecule has 0 N–H and O–H groups in total. The van der Waals surface area contributed by atoms with Crippen molar-refractivity contribution < 1.29 is 0 Å². The van der Waals surface area contributed by atoms with E-state index in [0.29, 0.717) is 0 Å². The van der Waals surface area contributed by atoms with Crippen molar-refractivity contribution in [1.82, 2.24) is 9.80 Å². The fourth-order valence-electron chi connectivity index (χ4n) is 1.95. The minimum atomic E-state index is 0.750. The monoisotopic (exact) mass is 262 g/mol. The van der Waals surface area contributed by atoms with Gasteiger partial charge in [-0.25, -0.2) is 0 Å². The molecule has 2 nitrogen and oxygen atoms in total. The van der Waals surface area contributed by atoms with Crippen LogP contribution in [0.25, 0.3) is 5.57 Å². The van der Waals surface area contributed by atoms with E-state index >= 15 is 0 Å². The molecule has 0 radical (unpaired) electrons. The number of nitrogens with zero attached hydrogens (tertiary/aromatic N) is 2. The van der Waals surface area contributed by atoms with Crippen LogP contribution < -0.4 is 0 Å². The van der Waals surface area contributed by atoms with Gasteiger partial charge in [-0.05, 0) is 30.3 Å². The molecule has 0 atom stereocenters. The highest BCUT2D eigenvalue weighted by molar-refractivity contribution is 7.82. The van der Waals surface area contributed by atoms with E-state index in [1.165, 1.54) is 5.56 Å². The maximum Gasteiger partial charge on any atom is 0.180 e. The number of rotatable bonds is 1. The summed E-state index contributed by atoms with van der Waals surface area (Å²) in [6.45, 7) is 2.08. The molecule has 0 unspecified atom stereocenters. The first kappa shape index (κ1) is 12.2. The summed E-state index contributed by atoms with van der Waals surface area (Å²) in [6, 6.07) is 10.2. The molecule has 0 aliphatic carbocycles. The number of hydrogen-bond donors (Lipinski definition) is 0. The third kappa shape index (κ3) is 1.98. The van der Waals surface area contributed by atoms with Crippen LogP contribution in [-0.2, 0) is 0 Å². The van der Waals surface area contributed by atoms with Crippen molar-refractivity contribution in [2.45, 2.75) is 6.92 Å². The van der Waals surface area contributed by atoms with Crippen LogP contribution in [0.2, 0.25) is 0 Å². The van der Waals surface area contributed by atoms with Gasteiger partial charge in [0.15, 0.2) is 5.11 Å². The first-order valence-electron chi connectivity index (χ1n) is 5.36. The molecule has 1 fully saturated rings. The summed E-state index contributed by atoms with van der Waals surface area (Å²) in [5, 5.41) is 0.750. The first-order valence-corrected chi connectivity index (χ1v) is 6.17. The van der Waals surface area contributed by atoms with Gasteiger partial charge in [0.05, 0.1) is 5.70 Å². The normalized spacial score (nSPS) is 19.0. The van der Waals surface area contributed by atoms with E-state index in [4.69, 9.17) is 24.4 Å². The van der Waals surface area contributed by atoms with Crippen LogP contribution in [0.15, 0.2) is 36.0 Å². The number of hydrogen-bond acceptors (Lipinski definition) is 2. The molecule has 4 heteroatoms. The molecule has 1 aliphatic heterocycles. The van der Waals surface area contributed by atoms with Crippen LogP contribution in [0.5, 0.6) is 0 Å². The van der Waals surface area contributed by atoms with Crippen LogP contribution in [-0.4, -0.2) is 34.0 Å². The standard InChI is InChI=1S/C13H14N2S2/c1-9(10-7-5-4-6-8-10)11-12(16)15(3)13(17)14(11)2/h4-8H,1-3H3/b11-9-. The largest absolute Gasteiger partial charge is 0.319 e. The molecule has 1 saturated heterocycles. The zero-order chi connectivity index (χ0) is 12.6. The fraction of sp³-hybridized carbons (Fsp3) is 0.231. The third-order valence-electron chi connectivity index (χ3n) is 2.98. The van der Waals surface area contributed by atoms with Crippen molar-refractivity contribution in [2.75, 3.05) is 14.1 Å². The zero-order valence-electron chi connectivity index (χ0n) is 10.1. The molecular formula is C13H14N2S2. The Hall–Kier alpha value is -1.26. The average molecular weight is 262 g/mol. The van der Waals surface area contributed by atoms with Crippen molar-refractivity contribution in [3.8, 4) is 0 Å². The van der Waals surface area contributed by atoms with Gasteiger partial charge in [-0.15, -0.1) is 0 Å². The molecule has 0 saturated carbocycles. The van der Waals surface area contributed by atoms with E-state index in [0.717, 1.165) is 21.4 Å². The quantitative estimate of drug-likeness (QED) is 0.567. The van der Waals surface area contributed by atoms with Crippen LogP contribution in [0, 0.1) is 0 Å². The zero-order valence-corrected chi connectivity index (χ0v) is 11.7. The van der Waals surface area contributed by atoms with Crippen molar-refractivity contribution in [2.24, 2.45) is 0 Å². The molecule has 17 heavy (non-hydrogen) atoms. The summed E-state index contributed by atoms with van der Waals surface area (Å²) >= 11 is 10.8. The van der Waals surface area contributed by atoms with Crippen molar-refractivity contribution in [3.05, 3.63) is 41.6 Å². The van der Waals surface area contributed by atoms with Crippen LogP contribution >= 0.6 is 24.4 Å². The second-order valence-corrected chi connectivity index (χ2v) is 4.80. The van der Waals surface area contributed by atoms with Gasteiger partial charge in [-0.1, -0.05) is 42.5 Å². The topological polar surface area (TPSA) is 6.48 Å². The van der Waals surface area contributed by atoms with Gasteiger partial charge in [0.1, 0.15) is 4.99 Å². The Morgan fingerprint density at radius 3 is 2.06 bits per heavy atom.